The first-order chi connectivity index (χ1) is 7.84. The third-order valence-corrected chi connectivity index (χ3v) is 3.20. The minimum absolute atomic E-state index is 0.0561. The predicted octanol–water partition coefficient (Wildman–Crippen LogP) is 3.00. The van der Waals surface area contributed by atoms with Crippen LogP contribution in [0.1, 0.15) is 19.4 Å². The summed E-state index contributed by atoms with van der Waals surface area (Å²) in [5.74, 6) is -0.170. The van der Waals surface area contributed by atoms with E-state index < -0.39 is 0 Å². The van der Waals surface area contributed by atoms with Crippen LogP contribution in [0.2, 0.25) is 0 Å². The van der Waals surface area contributed by atoms with Crippen molar-refractivity contribution in [1.29, 1.82) is 0 Å². The summed E-state index contributed by atoms with van der Waals surface area (Å²) in [6.07, 6.45) is 0. The summed E-state index contributed by atoms with van der Waals surface area (Å²) in [4.78, 5) is 2.10. The van der Waals surface area contributed by atoms with Crippen molar-refractivity contribution in [3.8, 4) is 0 Å². The molecular weight excluding hydrogens is 283 g/mol. The van der Waals surface area contributed by atoms with E-state index in [0.717, 1.165) is 11.0 Å². The lowest BCUT2D eigenvalue weighted by Crippen LogP contribution is -2.36. The van der Waals surface area contributed by atoms with Gasteiger partial charge in [-0.3, -0.25) is 0 Å². The number of nitrogens with zero attached hydrogens (tertiary/aromatic N) is 1. The Hall–Kier alpha value is -0.450. The van der Waals surface area contributed by atoms with Gasteiger partial charge >= 0.3 is 0 Å². The minimum Gasteiger partial charge on any atom is -0.330 e. The summed E-state index contributed by atoms with van der Waals surface area (Å²) in [7, 11) is 1.99. The fraction of sp³-hybridized carbons (Fsp3) is 0.538. The molecule has 0 unspecified atom stereocenters. The van der Waals surface area contributed by atoms with Crippen molar-refractivity contribution in [2.45, 2.75) is 20.4 Å². The van der Waals surface area contributed by atoms with Gasteiger partial charge in [-0.15, -0.1) is 0 Å². The molecular formula is C13H20BrFN2. The molecule has 1 aromatic rings. The molecule has 0 fully saturated rings. The molecule has 96 valence electrons. The molecule has 0 saturated carbocycles. The van der Waals surface area contributed by atoms with Crippen LogP contribution in [0.15, 0.2) is 22.7 Å². The molecule has 0 radical (unpaired) electrons. The summed E-state index contributed by atoms with van der Waals surface area (Å²) < 4.78 is 14.4. The molecule has 0 aliphatic rings. The van der Waals surface area contributed by atoms with E-state index in [0.29, 0.717) is 18.7 Å². The highest BCUT2D eigenvalue weighted by molar-refractivity contribution is 9.10. The largest absolute Gasteiger partial charge is 0.330 e. The Morgan fingerprint density at radius 2 is 2.06 bits per heavy atom. The molecule has 1 rings (SSSR count). The van der Waals surface area contributed by atoms with Crippen LogP contribution in [0.4, 0.5) is 4.39 Å². The number of nitrogens with two attached hydrogens (primary N) is 1. The Labute approximate surface area is 111 Å². The zero-order valence-electron chi connectivity index (χ0n) is 10.6. The van der Waals surface area contributed by atoms with Gasteiger partial charge in [0, 0.05) is 23.1 Å². The van der Waals surface area contributed by atoms with Crippen LogP contribution in [0.25, 0.3) is 0 Å². The molecule has 0 aliphatic heterocycles. The van der Waals surface area contributed by atoms with E-state index >= 15 is 0 Å². The Morgan fingerprint density at radius 1 is 1.41 bits per heavy atom. The SMILES string of the molecule is CN(Cc1ccc(Br)cc1F)CC(C)(C)CN. The summed E-state index contributed by atoms with van der Waals surface area (Å²) in [5.41, 5.74) is 6.46. The lowest BCUT2D eigenvalue weighted by atomic mass is 9.93. The van der Waals surface area contributed by atoms with Crippen molar-refractivity contribution in [3.63, 3.8) is 0 Å². The van der Waals surface area contributed by atoms with E-state index in [1.807, 2.05) is 19.2 Å². The Morgan fingerprint density at radius 3 is 2.59 bits per heavy atom. The maximum absolute atomic E-state index is 13.6. The van der Waals surface area contributed by atoms with Crippen molar-refractivity contribution in [2.24, 2.45) is 11.1 Å². The molecule has 0 saturated heterocycles. The van der Waals surface area contributed by atoms with Gasteiger partial charge in [-0.25, -0.2) is 4.39 Å². The third kappa shape index (κ3) is 4.74. The summed E-state index contributed by atoms with van der Waals surface area (Å²) in [6.45, 7) is 6.30. The highest BCUT2D eigenvalue weighted by Crippen LogP contribution is 2.19. The van der Waals surface area contributed by atoms with E-state index in [9.17, 15) is 4.39 Å². The van der Waals surface area contributed by atoms with Gasteiger partial charge in [-0.05, 0) is 31.1 Å². The molecule has 0 aliphatic carbocycles. The van der Waals surface area contributed by atoms with E-state index in [-0.39, 0.29) is 11.2 Å². The molecule has 0 atom stereocenters. The average Bonchev–Trinajstić information content (AvgIpc) is 2.21. The minimum atomic E-state index is -0.170. The summed E-state index contributed by atoms with van der Waals surface area (Å²) in [5, 5.41) is 0. The second kappa shape index (κ2) is 5.94. The van der Waals surface area contributed by atoms with Gasteiger partial charge in [-0.1, -0.05) is 35.8 Å². The fourth-order valence-corrected chi connectivity index (χ4v) is 2.13. The van der Waals surface area contributed by atoms with Crippen molar-refractivity contribution in [3.05, 3.63) is 34.1 Å². The number of halogens is 2. The van der Waals surface area contributed by atoms with E-state index in [1.54, 1.807) is 0 Å². The molecule has 0 heterocycles. The number of benzene rings is 1. The molecule has 4 heteroatoms. The van der Waals surface area contributed by atoms with Gasteiger partial charge in [0.05, 0.1) is 0 Å². The van der Waals surface area contributed by atoms with Crippen LogP contribution in [0.3, 0.4) is 0 Å². The second-order valence-electron chi connectivity index (χ2n) is 5.28. The monoisotopic (exact) mass is 302 g/mol. The van der Waals surface area contributed by atoms with Gasteiger partial charge in [0.1, 0.15) is 5.82 Å². The molecule has 2 N–H and O–H groups in total. The Balaban J connectivity index is 2.65. The van der Waals surface area contributed by atoms with E-state index in [4.69, 9.17) is 5.73 Å². The maximum Gasteiger partial charge on any atom is 0.128 e. The lowest BCUT2D eigenvalue weighted by Gasteiger charge is -2.29. The van der Waals surface area contributed by atoms with Crippen LogP contribution in [0.5, 0.6) is 0 Å². The zero-order chi connectivity index (χ0) is 13.1. The van der Waals surface area contributed by atoms with Gasteiger partial charge in [-0.2, -0.15) is 0 Å². The smallest absolute Gasteiger partial charge is 0.128 e. The van der Waals surface area contributed by atoms with Crippen LogP contribution < -0.4 is 5.73 Å². The summed E-state index contributed by atoms with van der Waals surface area (Å²) in [6, 6.07) is 5.17. The molecule has 0 bridgehead atoms. The fourth-order valence-electron chi connectivity index (χ4n) is 1.79. The van der Waals surface area contributed by atoms with Crippen molar-refractivity contribution < 1.29 is 4.39 Å². The van der Waals surface area contributed by atoms with Crippen molar-refractivity contribution in [2.75, 3.05) is 20.1 Å². The first-order valence-electron chi connectivity index (χ1n) is 5.66. The predicted molar refractivity (Wildman–Crippen MR) is 73.3 cm³/mol. The highest BCUT2D eigenvalue weighted by Gasteiger charge is 2.18. The number of rotatable bonds is 5. The van der Waals surface area contributed by atoms with Gasteiger partial charge in [0.25, 0.3) is 0 Å². The molecule has 0 aromatic heterocycles. The number of hydrogen-bond acceptors (Lipinski definition) is 2. The Bertz CT molecular complexity index is 380. The molecule has 17 heavy (non-hydrogen) atoms. The van der Waals surface area contributed by atoms with Gasteiger partial charge in [0.2, 0.25) is 0 Å². The van der Waals surface area contributed by atoms with E-state index in [1.165, 1.54) is 6.07 Å². The lowest BCUT2D eigenvalue weighted by molar-refractivity contribution is 0.208. The van der Waals surface area contributed by atoms with E-state index in [2.05, 4.69) is 34.7 Å². The number of hydrogen-bond donors (Lipinski definition) is 1. The van der Waals surface area contributed by atoms with Crippen LogP contribution >= 0.6 is 15.9 Å². The maximum atomic E-state index is 13.6. The average molecular weight is 303 g/mol. The first kappa shape index (κ1) is 14.6. The standard InChI is InChI=1S/C13H20BrFN2/c1-13(2,8-16)9-17(3)7-10-4-5-11(14)6-12(10)15/h4-6H,7-9,16H2,1-3H3. The second-order valence-corrected chi connectivity index (χ2v) is 6.19. The highest BCUT2D eigenvalue weighted by atomic mass is 79.9. The van der Waals surface area contributed by atoms with Crippen LogP contribution in [-0.4, -0.2) is 25.0 Å². The van der Waals surface area contributed by atoms with Crippen LogP contribution in [0, 0.1) is 11.2 Å². The van der Waals surface area contributed by atoms with Gasteiger partial charge < -0.3 is 10.6 Å². The van der Waals surface area contributed by atoms with Gasteiger partial charge in [0.15, 0.2) is 0 Å². The Kier molecular flexibility index (Phi) is 5.10. The van der Waals surface area contributed by atoms with Crippen LogP contribution in [-0.2, 0) is 6.54 Å². The summed E-state index contributed by atoms with van der Waals surface area (Å²) >= 11 is 3.25. The molecule has 2 nitrogen and oxygen atoms in total. The zero-order valence-corrected chi connectivity index (χ0v) is 12.2. The molecule has 1 aromatic carbocycles. The first-order valence-corrected chi connectivity index (χ1v) is 6.46. The van der Waals surface area contributed by atoms with Crippen molar-refractivity contribution in [1.82, 2.24) is 4.90 Å². The topological polar surface area (TPSA) is 29.3 Å². The quantitative estimate of drug-likeness (QED) is 0.906. The third-order valence-electron chi connectivity index (χ3n) is 2.71. The van der Waals surface area contributed by atoms with Crippen molar-refractivity contribution >= 4 is 15.9 Å². The molecule has 0 spiro atoms. The normalized spacial score (nSPS) is 12.2. The molecule has 0 amide bonds.